The molecular formula is C12H12ClN3O. The summed E-state index contributed by atoms with van der Waals surface area (Å²) in [4.78, 5) is 16.9. The van der Waals surface area contributed by atoms with Crippen LogP contribution in [0.2, 0.25) is 5.02 Å². The van der Waals surface area contributed by atoms with Crippen molar-refractivity contribution in [2.45, 2.75) is 6.04 Å². The van der Waals surface area contributed by atoms with E-state index in [1.54, 1.807) is 23.1 Å². The first-order valence-electron chi connectivity index (χ1n) is 5.14. The molecule has 1 heterocycles. The second-order valence-electron chi connectivity index (χ2n) is 3.72. The first-order valence-corrected chi connectivity index (χ1v) is 5.52. The summed E-state index contributed by atoms with van der Waals surface area (Å²) in [6.45, 7) is 4.02. The van der Waals surface area contributed by atoms with Crippen LogP contribution in [0.4, 0.5) is 4.79 Å². The molecule has 2 rings (SSSR count). The molecule has 1 aliphatic heterocycles. The molecule has 5 heteroatoms. The third-order valence-electron chi connectivity index (χ3n) is 2.55. The topological polar surface area (TPSA) is 58.7 Å². The van der Waals surface area contributed by atoms with Crippen molar-refractivity contribution in [2.75, 3.05) is 6.54 Å². The highest BCUT2D eigenvalue weighted by Gasteiger charge is 2.33. The summed E-state index contributed by atoms with van der Waals surface area (Å²) in [6, 6.07) is 6.55. The number of nitrogens with zero attached hydrogens (tertiary/aromatic N) is 2. The van der Waals surface area contributed by atoms with Gasteiger partial charge in [0.15, 0.2) is 0 Å². The van der Waals surface area contributed by atoms with Crippen molar-refractivity contribution in [3.63, 3.8) is 0 Å². The van der Waals surface area contributed by atoms with Crippen LogP contribution in [0.15, 0.2) is 41.9 Å². The van der Waals surface area contributed by atoms with Crippen molar-refractivity contribution in [1.82, 2.24) is 4.90 Å². The van der Waals surface area contributed by atoms with Crippen LogP contribution in [0.25, 0.3) is 0 Å². The van der Waals surface area contributed by atoms with Gasteiger partial charge < -0.3 is 10.6 Å². The van der Waals surface area contributed by atoms with E-state index >= 15 is 0 Å². The normalized spacial score (nSPS) is 19.4. The quantitative estimate of drug-likeness (QED) is 0.836. The maximum Gasteiger partial charge on any atom is 0.346 e. The molecule has 1 atom stereocenters. The van der Waals surface area contributed by atoms with Gasteiger partial charge in [-0.2, -0.15) is 4.99 Å². The molecule has 1 aliphatic rings. The molecule has 1 unspecified atom stereocenters. The van der Waals surface area contributed by atoms with Crippen LogP contribution in [-0.4, -0.2) is 23.3 Å². The molecule has 1 aromatic rings. The summed E-state index contributed by atoms with van der Waals surface area (Å²) in [5, 5.41) is 0.605. The molecular weight excluding hydrogens is 238 g/mol. The number of urea groups is 1. The summed E-state index contributed by atoms with van der Waals surface area (Å²) in [5.74, 6) is 0.291. The van der Waals surface area contributed by atoms with Crippen molar-refractivity contribution in [2.24, 2.45) is 10.7 Å². The van der Waals surface area contributed by atoms with E-state index in [9.17, 15) is 4.79 Å². The second kappa shape index (κ2) is 4.59. The minimum atomic E-state index is -0.348. The fraction of sp³-hybridized carbons (Fsp3) is 0.167. The molecule has 4 nitrogen and oxygen atoms in total. The van der Waals surface area contributed by atoms with E-state index in [0.29, 0.717) is 17.4 Å². The highest BCUT2D eigenvalue weighted by molar-refractivity contribution is 6.30. The number of amides is 2. The van der Waals surface area contributed by atoms with Gasteiger partial charge in [-0.25, -0.2) is 4.79 Å². The zero-order valence-corrected chi connectivity index (χ0v) is 9.89. The van der Waals surface area contributed by atoms with Gasteiger partial charge in [0.05, 0.1) is 0 Å². The fourth-order valence-electron chi connectivity index (χ4n) is 1.86. The number of amidine groups is 1. The Morgan fingerprint density at radius 3 is 3.00 bits per heavy atom. The molecule has 17 heavy (non-hydrogen) atoms. The first-order chi connectivity index (χ1) is 8.13. The molecule has 1 aromatic carbocycles. The maximum absolute atomic E-state index is 11.6. The van der Waals surface area contributed by atoms with Crippen LogP contribution in [0, 0.1) is 0 Å². The third kappa shape index (κ3) is 2.17. The number of carbonyl (C=O) groups is 1. The van der Waals surface area contributed by atoms with Gasteiger partial charge in [-0.1, -0.05) is 29.8 Å². The predicted molar refractivity (Wildman–Crippen MR) is 68.1 cm³/mol. The molecule has 2 N–H and O–H groups in total. The highest BCUT2D eigenvalue weighted by Crippen LogP contribution is 2.28. The van der Waals surface area contributed by atoms with Gasteiger partial charge in [0.25, 0.3) is 0 Å². The van der Waals surface area contributed by atoms with E-state index in [1.165, 1.54) is 0 Å². The molecule has 0 radical (unpaired) electrons. The van der Waals surface area contributed by atoms with E-state index in [2.05, 4.69) is 11.6 Å². The number of nitrogens with two attached hydrogens (primary N) is 1. The fourth-order valence-corrected chi connectivity index (χ4v) is 2.05. The molecule has 0 fully saturated rings. The second-order valence-corrected chi connectivity index (χ2v) is 4.15. The molecule has 0 spiro atoms. The molecule has 2 amide bonds. The van der Waals surface area contributed by atoms with Gasteiger partial charge in [-0.05, 0) is 17.7 Å². The van der Waals surface area contributed by atoms with Crippen LogP contribution in [-0.2, 0) is 0 Å². The minimum absolute atomic E-state index is 0.291. The number of carbonyl (C=O) groups excluding carboxylic acids is 1. The van der Waals surface area contributed by atoms with Crippen molar-refractivity contribution in [3.8, 4) is 0 Å². The number of hydrogen-bond acceptors (Lipinski definition) is 2. The Morgan fingerprint density at radius 1 is 1.59 bits per heavy atom. The molecule has 0 aromatic heterocycles. The Balaban J connectivity index is 2.38. The Labute approximate surface area is 104 Å². The molecule has 0 saturated heterocycles. The molecule has 0 saturated carbocycles. The van der Waals surface area contributed by atoms with Gasteiger partial charge in [0.2, 0.25) is 0 Å². The summed E-state index contributed by atoms with van der Waals surface area (Å²) in [6.07, 6.45) is 1.64. The van der Waals surface area contributed by atoms with Crippen LogP contribution in [0.1, 0.15) is 11.6 Å². The number of benzene rings is 1. The Kier molecular flexibility index (Phi) is 3.15. The average molecular weight is 250 g/mol. The van der Waals surface area contributed by atoms with Crippen LogP contribution >= 0.6 is 11.6 Å². The lowest BCUT2D eigenvalue weighted by Crippen LogP contribution is -2.33. The van der Waals surface area contributed by atoms with Gasteiger partial charge in [0, 0.05) is 11.6 Å². The molecule has 0 bridgehead atoms. The monoisotopic (exact) mass is 249 g/mol. The minimum Gasteiger partial charge on any atom is -0.385 e. The van der Waals surface area contributed by atoms with Crippen molar-refractivity contribution in [1.29, 1.82) is 0 Å². The van der Waals surface area contributed by atoms with Crippen molar-refractivity contribution in [3.05, 3.63) is 47.5 Å². The zero-order chi connectivity index (χ0) is 12.4. The summed E-state index contributed by atoms with van der Waals surface area (Å²) >= 11 is 5.93. The van der Waals surface area contributed by atoms with Crippen LogP contribution < -0.4 is 5.73 Å². The lowest BCUT2D eigenvalue weighted by atomic mass is 10.1. The summed E-state index contributed by atoms with van der Waals surface area (Å²) < 4.78 is 0. The first kappa shape index (κ1) is 11.7. The highest BCUT2D eigenvalue weighted by atomic mass is 35.5. The van der Waals surface area contributed by atoms with Gasteiger partial charge in [0.1, 0.15) is 11.9 Å². The standard InChI is InChI=1S/C12H12ClN3O/c1-2-6-16-10(11(14)15-12(16)17)8-4-3-5-9(13)7-8/h2-5,7,10H,1,6H2,(H2,14,15,17). The van der Waals surface area contributed by atoms with Crippen molar-refractivity contribution < 1.29 is 4.79 Å². The van der Waals surface area contributed by atoms with E-state index in [-0.39, 0.29) is 12.1 Å². The SMILES string of the molecule is C=CCN1C(=O)N=C(N)C1c1cccc(Cl)c1. The van der Waals surface area contributed by atoms with E-state index in [4.69, 9.17) is 17.3 Å². The lowest BCUT2D eigenvalue weighted by Gasteiger charge is -2.23. The van der Waals surface area contributed by atoms with E-state index in [1.807, 2.05) is 12.1 Å². The van der Waals surface area contributed by atoms with Gasteiger partial charge in [-0.3, -0.25) is 0 Å². The Bertz CT molecular complexity index is 498. The van der Waals surface area contributed by atoms with Gasteiger partial charge in [-0.15, -0.1) is 6.58 Å². The third-order valence-corrected chi connectivity index (χ3v) is 2.79. The number of aliphatic imine (C=N–C) groups is 1. The number of rotatable bonds is 3. The largest absolute Gasteiger partial charge is 0.385 e. The number of hydrogen-bond donors (Lipinski definition) is 1. The van der Waals surface area contributed by atoms with Crippen LogP contribution in [0.3, 0.4) is 0 Å². The van der Waals surface area contributed by atoms with Crippen LogP contribution in [0.5, 0.6) is 0 Å². The Morgan fingerprint density at radius 2 is 2.35 bits per heavy atom. The zero-order valence-electron chi connectivity index (χ0n) is 9.14. The van der Waals surface area contributed by atoms with Crippen molar-refractivity contribution >= 4 is 23.5 Å². The predicted octanol–water partition coefficient (Wildman–Crippen LogP) is 2.36. The average Bonchev–Trinajstić information content (AvgIpc) is 2.54. The summed E-state index contributed by atoms with van der Waals surface area (Å²) in [5.41, 5.74) is 6.64. The Hall–Kier alpha value is -1.81. The molecule has 0 aliphatic carbocycles. The smallest absolute Gasteiger partial charge is 0.346 e. The maximum atomic E-state index is 11.6. The lowest BCUT2D eigenvalue weighted by molar-refractivity contribution is 0.213. The molecule has 88 valence electrons. The van der Waals surface area contributed by atoms with E-state index < -0.39 is 0 Å². The van der Waals surface area contributed by atoms with Gasteiger partial charge >= 0.3 is 6.03 Å². The summed E-state index contributed by atoms with van der Waals surface area (Å²) in [7, 11) is 0. The van der Waals surface area contributed by atoms with E-state index in [0.717, 1.165) is 5.56 Å². The number of halogens is 1.